The minimum Gasteiger partial charge on any atom is -0.508 e. The summed E-state index contributed by atoms with van der Waals surface area (Å²) in [4.78, 5) is 70.2. The maximum Gasteiger partial charge on any atom is 0.355 e. The Hall–Kier alpha value is -5.96. The Balaban J connectivity index is 0.00000142. The summed E-state index contributed by atoms with van der Waals surface area (Å²) in [5.41, 5.74) is 4.02. The number of halogens is 6. The van der Waals surface area contributed by atoms with E-state index in [9.17, 15) is 37.2 Å². The summed E-state index contributed by atoms with van der Waals surface area (Å²) in [6, 6.07) is 41.3. The van der Waals surface area contributed by atoms with Crippen LogP contribution in [0.4, 0.5) is 0 Å². The van der Waals surface area contributed by atoms with E-state index in [1.54, 1.807) is 103 Å². The number of aliphatic hydroxyl groups excluding tert-OH is 1. The van der Waals surface area contributed by atoms with Crippen molar-refractivity contribution in [2.45, 2.75) is 226 Å². The van der Waals surface area contributed by atoms with Gasteiger partial charge in [0.05, 0.1) is 71.8 Å². The van der Waals surface area contributed by atoms with Crippen LogP contribution in [-0.2, 0) is 55.3 Å². The molecule has 0 amide bonds. The van der Waals surface area contributed by atoms with Crippen LogP contribution >= 0.6 is 85.5 Å². The number of ketones is 6. The second-order valence-electron chi connectivity index (χ2n) is 27.3. The van der Waals surface area contributed by atoms with Crippen LogP contribution in [0.1, 0.15) is 263 Å². The Kier molecular flexibility index (Phi) is 71.2. The standard InChI is InChI=1S/C16H22O6S.C16H22O3.C15H19ClO3.C15H20O4.C11H14O2.C10H11ClO2.C5H8O.2CH2Cl2.CH4.H2O.H2P2S/c1-23(18,19)21-12-4-5-15(17)13-7-9-14(10-8-13)22-16-6-2-3-11-20-16;1-2-3-6-15(17)13-8-10-14(11-9-13)19-16-7-4-5-12-18-16;2*16-10-3-4-14(17)12-6-8-13(9-7-12)19-15-5-1-2-11-18-15;1-2-3-4-11(13)9-5-7-10(12)8-6-9;11-7-1-2-10(13)8-3-5-9(12)6-4-8;1-2-4-6-5-3-1;2*2-1-3;;;1-2-3/h7-10,16H,2-6,11-12H2,1H3;8-11,16H,2-7,12H2,1H3;6-9,15H,1-5,10-11H2;6-9,15-16H,1-5,10-11H2;5-8,12H,2-4H2,1H3;3-6,12H,1-2,7H2;2,4H,1,3,5H2;2*1H2;1H4;1H2;1H2/p+2/i/hT. The lowest BCUT2D eigenvalue weighted by Crippen LogP contribution is -2.24. The van der Waals surface area contributed by atoms with Crippen LogP contribution < -0.4 is 18.9 Å². The van der Waals surface area contributed by atoms with Gasteiger partial charge in [0.2, 0.25) is 0 Å². The van der Waals surface area contributed by atoms with Crippen molar-refractivity contribution in [1.29, 1.82) is 1.28 Å². The van der Waals surface area contributed by atoms with Crippen LogP contribution in [0.2, 0.25) is 0 Å². The zero-order chi connectivity index (χ0) is 89.8. The molecule has 0 spiro atoms. The lowest BCUT2D eigenvalue weighted by Gasteiger charge is -2.23. The molecule has 5 heterocycles. The van der Waals surface area contributed by atoms with E-state index >= 15 is 0 Å². The van der Waals surface area contributed by atoms with E-state index in [-0.39, 0.29) is 115 Å². The number of allylic oxidation sites excluding steroid dienone is 1. The van der Waals surface area contributed by atoms with E-state index in [1.807, 2.05) is 42.5 Å². The zero-order valence-electron chi connectivity index (χ0n) is 71.3. The van der Waals surface area contributed by atoms with E-state index in [2.05, 4.69) is 38.8 Å². The highest BCUT2D eigenvalue weighted by molar-refractivity contribution is 8.24. The van der Waals surface area contributed by atoms with Crippen LogP contribution in [0.5, 0.6) is 34.5 Å². The van der Waals surface area contributed by atoms with Gasteiger partial charge in [0.25, 0.3) is 10.1 Å². The predicted octanol–water partition coefficient (Wildman–Crippen LogP) is 23.0. The molecule has 4 saturated heterocycles. The van der Waals surface area contributed by atoms with Gasteiger partial charge in [-0.25, -0.2) is 0 Å². The molecule has 5 aliphatic heterocycles. The van der Waals surface area contributed by atoms with Crippen LogP contribution in [0.25, 0.3) is 0 Å². The number of aliphatic hydroxyl groups is 1. The van der Waals surface area contributed by atoms with E-state index in [0.29, 0.717) is 103 Å². The number of rotatable bonds is 34. The number of phenolic OH excluding ortho intramolecular Hbond substituents is 2. The Morgan fingerprint density at radius 1 is 0.439 bits per heavy atom. The molecule has 6 atom stereocenters. The Morgan fingerprint density at radius 3 is 0.886 bits per heavy atom. The third kappa shape index (κ3) is 58.9. The van der Waals surface area contributed by atoms with E-state index in [1.165, 1.54) is 25.0 Å². The zero-order valence-corrected chi connectivity index (χ0v) is 78.5. The highest BCUT2D eigenvalue weighted by atomic mass is 35.5. The highest BCUT2D eigenvalue weighted by Gasteiger charge is 2.21. The van der Waals surface area contributed by atoms with Crippen LogP contribution in [-0.4, -0.2) is 160 Å². The summed E-state index contributed by atoms with van der Waals surface area (Å²) < 4.78 is 82.4. The van der Waals surface area contributed by atoms with Crippen molar-refractivity contribution in [2.24, 2.45) is 0 Å². The fourth-order valence-corrected chi connectivity index (χ4v) is 11.9. The molecule has 0 bridgehead atoms. The number of Topliss-reactive ketones (excluding diaryl/α,β-unsaturated/α-hetero) is 6. The molecule has 4 fully saturated rings. The third-order valence-electron chi connectivity index (χ3n) is 17.5. The van der Waals surface area contributed by atoms with Gasteiger partial charge in [0, 0.05) is 116 Å². The van der Waals surface area contributed by atoms with Crippen molar-refractivity contribution in [1.82, 2.24) is 0 Å². The number of aromatic hydroxyl groups is 2. The number of hydrogen-bond acceptors (Lipinski definition) is 22. The summed E-state index contributed by atoms with van der Waals surface area (Å²) in [7, 11) is -1.24. The Labute approximate surface area is 769 Å². The molecule has 0 radical (unpaired) electrons. The minimum atomic E-state index is -3.45. The topological polar surface area (TPSA) is 323 Å². The Morgan fingerprint density at radius 2 is 0.691 bits per heavy atom. The number of unbranched alkanes of at least 4 members (excludes halogenated alkanes) is 2. The van der Waals surface area contributed by atoms with Crippen molar-refractivity contribution < 1.29 is 105 Å². The van der Waals surface area contributed by atoms with Crippen molar-refractivity contribution in [3.63, 3.8) is 0 Å². The maximum atomic E-state index is 12.0. The summed E-state index contributed by atoms with van der Waals surface area (Å²) in [6.45, 7) is 7.27. The summed E-state index contributed by atoms with van der Waals surface area (Å²) in [5.74, 6) is 4.89. The number of ether oxygens (including phenoxy) is 9. The van der Waals surface area contributed by atoms with Gasteiger partial charge in [-0.15, -0.1) is 69.6 Å². The number of phenols is 2. The average Bonchev–Trinajstić information content (AvgIpc) is 0.888. The van der Waals surface area contributed by atoms with Gasteiger partial charge in [-0.1, -0.05) is 34.1 Å². The van der Waals surface area contributed by atoms with Gasteiger partial charge in [0.15, 0.2) is 78.7 Å². The smallest absolute Gasteiger partial charge is 0.355 e. The number of carbonyl (C=O) groups excluding carboxylic acids is 6. The number of alkyl halides is 6. The minimum absolute atomic E-state index is 0. The molecule has 123 heavy (non-hydrogen) atoms. The molecule has 688 valence electrons. The monoisotopic (exact) mass is 1910 g/mol. The maximum absolute atomic E-state index is 12.0. The molecule has 5 aliphatic rings. The fraction of sp³-hybridized carbons (Fsp3) is 0.516. The van der Waals surface area contributed by atoms with Crippen LogP contribution in [0, 0.1) is 0 Å². The molecule has 6 aromatic carbocycles. The number of hydrogen-bond donors (Lipinski definition) is 3. The van der Waals surface area contributed by atoms with Gasteiger partial charge in [-0.2, -0.15) is 8.42 Å². The molecule has 0 aromatic heterocycles. The number of benzene rings is 6. The lowest BCUT2D eigenvalue weighted by atomic mass is 10.1. The van der Waals surface area contributed by atoms with Crippen molar-refractivity contribution in [2.75, 3.05) is 74.9 Å². The molecule has 22 nitrogen and oxygen atoms in total. The first kappa shape index (κ1) is 115. The number of carbonyl (C=O) groups is 6. The third-order valence-corrected chi connectivity index (χ3v) is 18.7. The molecular formula is C91H130Cl6O22P2S2+2. The highest BCUT2D eigenvalue weighted by Crippen LogP contribution is 2.26. The largest absolute Gasteiger partial charge is 0.508 e. The molecule has 11 rings (SSSR count). The first-order valence-corrected chi connectivity index (χ1v) is 49.5. The Bertz CT molecular complexity index is 3650. The lowest BCUT2D eigenvalue weighted by molar-refractivity contribution is -0.106. The summed E-state index contributed by atoms with van der Waals surface area (Å²) in [5, 5.41) is 27.1. The first-order valence-electron chi connectivity index (χ1n) is 41.4. The molecule has 0 saturated carbocycles. The predicted molar refractivity (Wildman–Crippen MR) is 505 cm³/mol. The van der Waals surface area contributed by atoms with Gasteiger partial charge >= 0.3 is 1.28 Å². The van der Waals surface area contributed by atoms with E-state index in [4.69, 9.17) is 129 Å². The van der Waals surface area contributed by atoms with Gasteiger partial charge in [0.1, 0.15) is 34.5 Å². The van der Waals surface area contributed by atoms with Gasteiger partial charge in [-0.3, -0.25) is 33.0 Å². The van der Waals surface area contributed by atoms with E-state index < -0.39 is 17.1 Å². The molecule has 32 heteroatoms. The summed E-state index contributed by atoms with van der Waals surface area (Å²) in [6.07, 6.45) is 28.1. The normalized spacial score (nSPS) is 16.1. The van der Waals surface area contributed by atoms with E-state index in [0.717, 1.165) is 165 Å². The molecular weight excluding hydrogens is 1780 g/mol. The average molecular weight is 1920 g/mol. The fourth-order valence-electron chi connectivity index (χ4n) is 11.2. The molecule has 6 unspecified atom stereocenters. The van der Waals surface area contributed by atoms with Crippen molar-refractivity contribution in [3.8, 4) is 34.5 Å². The SMILES string of the molecule is C.C1=COCCC1.CCCCC(=O)c1ccc(O)cc1.CCCCC(=O)c1ccc(OC2CCCCO2)cc1.CS(=O)(=O)OCCCC(=O)c1ccc(OC2CCCCO2)cc1.ClCCl.ClCCl.O=C(CCCCl)c1ccc(O)cc1.O=C(CCCCl)c1ccc(OC2CCCCO2)cc1.O=C(CCCO)c1ccc(OC2CCCCO2)cc1.[3H][P+](P)=S.[OH3+]. The molecule has 0 aliphatic carbocycles. The van der Waals surface area contributed by atoms with Crippen molar-refractivity contribution in [3.05, 3.63) is 191 Å². The second-order valence-corrected chi connectivity index (χ2v) is 34.1. The van der Waals surface area contributed by atoms with Gasteiger partial charge < -0.3 is 63.4 Å². The summed E-state index contributed by atoms with van der Waals surface area (Å²) >= 11 is 34.4. The molecule has 6 aromatic rings. The molecule has 6 N–H and O–H groups in total. The van der Waals surface area contributed by atoms with Crippen molar-refractivity contribution >= 4 is 142 Å². The van der Waals surface area contributed by atoms with Crippen LogP contribution in [0.15, 0.2) is 158 Å². The first-order chi connectivity index (χ1) is 58.8. The quantitative estimate of drug-likeness (QED) is 0.00844. The second kappa shape index (κ2) is 76.1. The van der Waals surface area contributed by atoms with Crippen LogP contribution in [0.3, 0.4) is 0 Å². The van der Waals surface area contributed by atoms with Gasteiger partial charge in [-0.05, 0) is 254 Å².